The van der Waals surface area contributed by atoms with Gasteiger partial charge < -0.3 is 15.7 Å². The lowest BCUT2D eigenvalue weighted by Crippen LogP contribution is -2.43. The molecule has 1 fully saturated rings. The van der Waals surface area contributed by atoms with E-state index in [0.717, 1.165) is 30.0 Å². The molecule has 0 aliphatic heterocycles. The number of hydrogen-bond donors (Lipinski definition) is 2. The van der Waals surface area contributed by atoms with Crippen LogP contribution in [0.3, 0.4) is 0 Å². The second kappa shape index (κ2) is 5.88. The molecule has 0 saturated heterocycles. The van der Waals surface area contributed by atoms with Gasteiger partial charge in [-0.1, -0.05) is 12.2 Å². The molecule has 0 unspecified atom stereocenters. The average molecular weight is 282 g/mol. The first kappa shape index (κ1) is 14.3. The highest BCUT2D eigenvalue weighted by Crippen LogP contribution is 2.32. The number of thiocarbonyl (C=S) groups is 1. The Bertz CT molecular complexity index is 467. The first-order valence-corrected chi connectivity index (χ1v) is 7.18. The third-order valence-electron chi connectivity index (χ3n) is 3.78. The molecule has 1 saturated carbocycles. The van der Waals surface area contributed by atoms with Crippen molar-refractivity contribution >= 4 is 23.0 Å². The number of aliphatic hydroxyl groups excluding tert-OH is 1. The summed E-state index contributed by atoms with van der Waals surface area (Å²) in [5, 5.41) is 13.5. The largest absolute Gasteiger partial charge is 0.396 e. The van der Waals surface area contributed by atoms with Crippen molar-refractivity contribution in [3.8, 4) is 0 Å². The first-order valence-electron chi connectivity index (χ1n) is 6.77. The van der Waals surface area contributed by atoms with Crippen molar-refractivity contribution in [3.05, 3.63) is 11.3 Å². The van der Waals surface area contributed by atoms with Crippen molar-refractivity contribution in [2.45, 2.75) is 38.6 Å². The van der Waals surface area contributed by atoms with E-state index in [2.05, 4.69) is 10.00 Å². The molecule has 0 atom stereocenters. The van der Waals surface area contributed by atoms with E-state index in [-0.39, 0.29) is 6.61 Å². The van der Waals surface area contributed by atoms with Gasteiger partial charge in [-0.15, -0.1) is 0 Å². The average Bonchev–Trinajstić information content (AvgIpc) is 2.56. The van der Waals surface area contributed by atoms with Crippen molar-refractivity contribution in [1.82, 2.24) is 9.78 Å². The van der Waals surface area contributed by atoms with Crippen LogP contribution in [-0.2, 0) is 7.05 Å². The minimum Gasteiger partial charge on any atom is -0.396 e. The molecule has 1 aromatic rings. The molecular formula is C13H22N4OS. The van der Waals surface area contributed by atoms with Gasteiger partial charge >= 0.3 is 0 Å². The van der Waals surface area contributed by atoms with Crippen LogP contribution in [0.15, 0.2) is 0 Å². The zero-order valence-corrected chi connectivity index (χ0v) is 12.4. The van der Waals surface area contributed by atoms with Gasteiger partial charge in [0.25, 0.3) is 0 Å². The summed E-state index contributed by atoms with van der Waals surface area (Å²) in [6, 6.07) is 0.523. The van der Waals surface area contributed by atoms with Gasteiger partial charge in [-0.25, -0.2) is 0 Å². The maximum atomic E-state index is 9.09. The van der Waals surface area contributed by atoms with E-state index in [4.69, 9.17) is 23.1 Å². The number of aromatic nitrogens is 2. The summed E-state index contributed by atoms with van der Waals surface area (Å²) >= 11 is 5.17. The lowest BCUT2D eigenvalue weighted by molar-refractivity contribution is 0.282. The van der Waals surface area contributed by atoms with Gasteiger partial charge in [-0.2, -0.15) is 5.10 Å². The molecule has 0 aromatic carbocycles. The van der Waals surface area contributed by atoms with Crippen molar-refractivity contribution in [3.63, 3.8) is 0 Å². The number of anilines is 1. The summed E-state index contributed by atoms with van der Waals surface area (Å²) < 4.78 is 1.86. The minimum atomic E-state index is 0.197. The van der Waals surface area contributed by atoms with Crippen molar-refractivity contribution in [2.75, 3.05) is 18.1 Å². The fourth-order valence-electron chi connectivity index (χ4n) is 2.66. The number of nitrogens with two attached hydrogens (primary N) is 1. The second-order valence-corrected chi connectivity index (χ2v) is 5.57. The van der Waals surface area contributed by atoms with Crippen LogP contribution in [0.5, 0.6) is 0 Å². The molecule has 1 aromatic heterocycles. The zero-order valence-electron chi connectivity index (χ0n) is 11.6. The van der Waals surface area contributed by atoms with Crippen LogP contribution in [0.2, 0.25) is 0 Å². The number of aryl methyl sites for hydroxylation is 2. The number of rotatable bonds is 6. The second-order valence-electron chi connectivity index (χ2n) is 5.13. The van der Waals surface area contributed by atoms with Crippen molar-refractivity contribution < 1.29 is 5.11 Å². The van der Waals surface area contributed by atoms with E-state index in [9.17, 15) is 0 Å². The molecule has 2 rings (SSSR count). The Morgan fingerprint density at radius 1 is 1.58 bits per heavy atom. The highest BCUT2D eigenvalue weighted by molar-refractivity contribution is 7.80. The molecule has 0 bridgehead atoms. The predicted molar refractivity (Wildman–Crippen MR) is 80.5 cm³/mol. The van der Waals surface area contributed by atoms with Crippen molar-refractivity contribution in [2.24, 2.45) is 12.8 Å². The smallest absolute Gasteiger partial charge is 0.137 e. The van der Waals surface area contributed by atoms with Crippen LogP contribution < -0.4 is 10.6 Å². The molecule has 1 heterocycles. The van der Waals surface area contributed by atoms with Gasteiger partial charge in [-0.3, -0.25) is 4.68 Å². The van der Waals surface area contributed by atoms with E-state index in [0.29, 0.717) is 11.0 Å². The summed E-state index contributed by atoms with van der Waals surface area (Å²) in [5.41, 5.74) is 7.61. The maximum absolute atomic E-state index is 9.09. The predicted octanol–water partition coefficient (Wildman–Crippen LogP) is 1.10. The molecule has 0 amide bonds. The summed E-state index contributed by atoms with van der Waals surface area (Å²) in [4.78, 5) is 2.71. The molecule has 1 aliphatic carbocycles. The molecular weight excluding hydrogens is 260 g/mol. The molecule has 6 heteroatoms. The Balaban J connectivity index is 2.37. The highest BCUT2D eigenvalue weighted by atomic mass is 32.1. The molecule has 0 radical (unpaired) electrons. The molecule has 1 aliphatic rings. The highest BCUT2D eigenvalue weighted by Gasteiger charge is 2.30. The van der Waals surface area contributed by atoms with E-state index in [1.807, 2.05) is 18.7 Å². The Morgan fingerprint density at radius 3 is 2.74 bits per heavy atom. The van der Waals surface area contributed by atoms with E-state index >= 15 is 0 Å². The van der Waals surface area contributed by atoms with Crippen LogP contribution in [0.4, 0.5) is 5.82 Å². The van der Waals surface area contributed by atoms with Gasteiger partial charge in [0.15, 0.2) is 0 Å². The van der Waals surface area contributed by atoms with Gasteiger partial charge in [0, 0.05) is 26.2 Å². The van der Waals surface area contributed by atoms with E-state index in [1.165, 1.54) is 19.3 Å². The van der Waals surface area contributed by atoms with E-state index in [1.54, 1.807) is 0 Å². The fraction of sp³-hybridized carbons (Fsp3) is 0.692. The Kier molecular flexibility index (Phi) is 4.42. The van der Waals surface area contributed by atoms with Crippen LogP contribution in [-0.4, -0.2) is 39.1 Å². The number of hydrogen-bond acceptors (Lipinski definition) is 4. The molecule has 19 heavy (non-hydrogen) atoms. The third kappa shape index (κ3) is 2.74. The van der Waals surface area contributed by atoms with Crippen LogP contribution >= 0.6 is 12.2 Å². The standard InChI is InChI=1S/C13H22N4OS/c1-9-11(12(14)19)13(16(2)15-9)17(7-4-8-18)10-5-3-6-10/h10,18H,3-8H2,1-2H3,(H2,14,19). The SMILES string of the molecule is Cc1nn(C)c(N(CCCO)C2CCC2)c1C(N)=S. The van der Waals surface area contributed by atoms with Gasteiger partial charge in [0.05, 0.1) is 11.3 Å². The minimum absolute atomic E-state index is 0.197. The van der Waals surface area contributed by atoms with E-state index < -0.39 is 0 Å². The fourth-order valence-corrected chi connectivity index (χ4v) is 2.90. The van der Waals surface area contributed by atoms with Crippen LogP contribution in [0.25, 0.3) is 0 Å². The van der Waals surface area contributed by atoms with Crippen LogP contribution in [0.1, 0.15) is 36.9 Å². The summed E-state index contributed by atoms with van der Waals surface area (Å²) in [5.74, 6) is 1.00. The maximum Gasteiger partial charge on any atom is 0.137 e. The Hall–Kier alpha value is -1.14. The summed E-state index contributed by atoms with van der Waals surface area (Å²) in [6.45, 7) is 2.95. The Morgan fingerprint density at radius 2 is 2.26 bits per heavy atom. The quantitative estimate of drug-likeness (QED) is 0.765. The Labute approximate surface area is 119 Å². The monoisotopic (exact) mass is 282 g/mol. The summed E-state index contributed by atoms with van der Waals surface area (Å²) in [7, 11) is 1.93. The van der Waals surface area contributed by atoms with Gasteiger partial charge in [0.1, 0.15) is 10.8 Å². The lowest BCUT2D eigenvalue weighted by Gasteiger charge is -2.39. The van der Waals surface area contributed by atoms with Gasteiger partial charge in [-0.05, 0) is 32.6 Å². The third-order valence-corrected chi connectivity index (χ3v) is 3.99. The number of nitrogens with zero attached hydrogens (tertiary/aromatic N) is 3. The molecule has 0 spiro atoms. The zero-order chi connectivity index (χ0) is 14.0. The number of aliphatic hydroxyl groups is 1. The van der Waals surface area contributed by atoms with Gasteiger partial charge in [0.2, 0.25) is 0 Å². The topological polar surface area (TPSA) is 67.3 Å². The normalized spacial score (nSPS) is 15.3. The van der Waals surface area contributed by atoms with Crippen LogP contribution in [0, 0.1) is 6.92 Å². The van der Waals surface area contributed by atoms with Crippen molar-refractivity contribution in [1.29, 1.82) is 0 Å². The molecule has 106 valence electrons. The summed E-state index contributed by atoms with van der Waals surface area (Å²) in [6.07, 6.45) is 4.38. The molecule has 5 nitrogen and oxygen atoms in total. The first-order chi connectivity index (χ1) is 9.06. The lowest BCUT2D eigenvalue weighted by atomic mass is 9.91. The molecule has 3 N–H and O–H groups in total.